The Morgan fingerprint density at radius 2 is 0.855 bits per heavy atom. The summed E-state index contributed by atoms with van der Waals surface area (Å²) in [6.45, 7) is 28.9. The predicted molar refractivity (Wildman–Crippen MR) is 484 cm³/mol. The Labute approximate surface area is 741 Å². The Morgan fingerprint density at radius 3 is 1.36 bits per heavy atom. The highest BCUT2D eigenvalue weighted by molar-refractivity contribution is 5.99. The molecule has 14 amide bonds. The van der Waals surface area contributed by atoms with Crippen LogP contribution >= 0.6 is 0 Å². The molecule has 2 fully saturated rings. The van der Waals surface area contributed by atoms with E-state index in [1.54, 1.807) is 25.8 Å². The van der Waals surface area contributed by atoms with Crippen LogP contribution in [0.5, 0.6) is 0 Å². The van der Waals surface area contributed by atoms with Crippen LogP contribution in [0.1, 0.15) is 250 Å². The fourth-order valence-electron chi connectivity index (χ4n) is 16.3. The van der Waals surface area contributed by atoms with Gasteiger partial charge >= 0.3 is 0 Å². The number of aliphatic hydroxyl groups excluding tert-OH is 1. The molecular weight excluding hydrogens is 1580 g/mol. The summed E-state index contributed by atoms with van der Waals surface area (Å²) in [4.78, 5) is 220. The van der Waals surface area contributed by atoms with Gasteiger partial charge in [-0.3, -0.25) is 67.1 Å². The lowest BCUT2D eigenvalue weighted by Gasteiger charge is -2.38. The molecule has 0 radical (unpaired) electrons. The van der Waals surface area contributed by atoms with Gasteiger partial charge in [-0.15, -0.1) is 0 Å². The van der Waals surface area contributed by atoms with Gasteiger partial charge in [0.2, 0.25) is 82.7 Å². The molecule has 2 aliphatic heterocycles. The fraction of sp³-hybridized carbons (Fsp3) is 0.726. The van der Waals surface area contributed by atoms with Crippen LogP contribution in [0.25, 0.3) is 0 Å². The van der Waals surface area contributed by atoms with E-state index in [1.165, 1.54) is 78.6 Å². The maximum atomic E-state index is 15.6. The average Bonchev–Trinajstić information content (AvgIpc) is 0.822. The summed E-state index contributed by atoms with van der Waals surface area (Å²) >= 11 is 0. The second-order valence-corrected chi connectivity index (χ2v) is 37.4. The molecule has 2 aliphatic rings. The Morgan fingerprint density at radius 1 is 0.419 bits per heavy atom. The van der Waals surface area contributed by atoms with Gasteiger partial charge in [0.25, 0.3) is 0 Å². The van der Waals surface area contributed by atoms with E-state index < -0.39 is 150 Å². The van der Waals surface area contributed by atoms with Crippen molar-refractivity contribution in [1.82, 2.24) is 70.7 Å². The normalized spacial score (nSPS) is 25.0. The first-order valence-corrected chi connectivity index (χ1v) is 46.1. The summed E-state index contributed by atoms with van der Waals surface area (Å²) < 4.78 is 0. The number of aliphatic hydroxyl groups is 1. The van der Waals surface area contributed by atoms with Crippen molar-refractivity contribution in [3.8, 4) is 0 Å². The molecule has 124 heavy (non-hydrogen) atoms. The molecule has 0 spiro atoms. The van der Waals surface area contributed by atoms with Crippen molar-refractivity contribution >= 4 is 82.7 Å². The second kappa shape index (κ2) is 54.1. The number of hydrogen-bond donors (Lipinski definition) is 6. The molecule has 29 nitrogen and oxygen atoms in total. The van der Waals surface area contributed by atoms with E-state index in [-0.39, 0.29) is 112 Å². The van der Waals surface area contributed by atoms with Crippen LogP contribution in [0.2, 0.25) is 0 Å². The number of carbonyl (C=O) groups excluding carboxylic acids is 14. The van der Waals surface area contributed by atoms with Crippen molar-refractivity contribution in [2.24, 2.45) is 41.4 Å². The summed E-state index contributed by atoms with van der Waals surface area (Å²) in [7, 11) is 10.2. The molecule has 13 atom stereocenters. The predicted octanol–water partition coefficient (Wildman–Crippen LogP) is 8.80. The number of likely N-dealkylation sites (tertiary alicyclic amines) is 1. The summed E-state index contributed by atoms with van der Waals surface area (Å²) in [5, 5.41) is 25.9. The Balaban J connectivity index is 1.82. The van der Waals surface area contributed by atoms with Crippen LogP contribution in [0.4, 0.5) is 0 Å². The minimum absolute atomic E-state index is 0.0111. The van der Waals surface area contributed by atoms with Gasteiger partial charge in [-0.1, -0.05) is 202 Å². The van der Waals surface area contributed by atoms with E-state index in [0.29, 0.717) is 57.4 Å². The van der Waals surface area contributed by atoms with Crippen LogP contribution in [0.15, 0.2) is 60.7 Å². The van der Waals surface area contributed by atoms with Crippen LogP contribution in [-0.4, -0.2) is 287 Å². The molecule has 2 aromatic carbocycles. The lowest BCUT2D eigenvalue weighted by atomic mass is 9.94. The smallest absolute Gasteiger partial charge is 0.248 e. The lowest BCUT2D eigenvalue weighted by molar-refractivity contribution is -0.151. The number of piperidine rings is 1. The van der Waals surface area contributed by atoms with Crippen molar-refractivity contribution in [3.63, 3.8) is 0 Å². The summed E-state index contributed by atoms with van der Waals surface area (Å²) in [6.07, 6.45) is 9.92. The molecular formula is C95H158N14O15. The van der Waals surface area contributed by atoms with E-state index in [9.17, 15) is 43.5 Å². The standard InChI is InChI=1S/C95H158N14O15/c1-23-25-48-108-49-39-30-28-26-27-29-38-46-72(90(119)109-50-40-33-41-51-109)60-81(112)101(16)52-47-80(111)97-73(53-62(3)4)91(120)104(19)76(55-64(7)8)88(117)100-84(69(15)110)94(123)102(17)61-82(113)103(18)79(57-66(11)12)93(122)106(21)77(56-65(9)10)87(116)99-83(67(13)24-2)95(124)107(22)75(54-63(5)6)86(115)98-74(58-70-42-34-31-35-43-70)92(121)105(20)78(59-71-44-36-32-37-45-71)85(114)96-68(14)89(108)118/h31-32,34-37,42-45,62-69,72-79,83-84,110H,23-30,33,38-41,46-61H2,1-22H3,(H,96,114)(H,97,111)(H,98,115)(H,99,116)(H,100,117)/t67-,68-,69+,72-,73-,74-,75-,76-,77-,78-,79-,83-,84-/m0/s1. The molecule has 6 N–H and O–H groups in total. The highest BCUT2D eigenvalue weighted by Gasteiger charge is 2.44. The minimum atomic E-state index is -1.64. The third-order valence-corrected chi connectivity index (χ3v) is 24.3. The first kappa shape index (κ1) is 107. The molecule has 698 valence electrons. The third kappa shape index (κ3) is 34.7. The van der Waals surface area contributed by atoms with Crippen molar-refractivity contribution < 1.29 is 72.2 Å². The fourth-order valence-corrected chi connectivity index (χ4v) is 16.3. The molecule has 0 aromatic heterocycles. The number of nitrogens with one attached hydrogen (secondary N) is 5. The molecule has 29 heteroatoms. The number of rotatable bonds is 21. The van der Waals surface area contributed by atoms with Crippen molar-refractivity contribution in [2.45, 2.75) is 318 Å². The number of benzene rings is 2. The molecule has 0 aliphatic carbocycles. The van der Waals surface area contributed by atoms with Gasteiger partial charge in [-0.25, -0.2) is 0 Å². The highest BCUT2D eigenvalue weighted by atomic mass is 16.3. The van der Waals surface area contributed by atoms with E-state index in [0.717, 1.165) is 74.7 Å². The molecule has 0 bridgehead atoms. The van der Waals surface area contributed by atoms with Crippen LogP contribution in [0, 0.1) is 41.4 Å². The number of likely N-dealkylation sites (N-methyl/N-ethyl adjacent to an activating group) is 6. The molecule has 2 saturated heterocycles. The summed E-state index contributed by atoms with van der Waals surface area (Å²) in [5.41, 5.74) is 1.42. The van der Waals surface area contributed by atoms with Crippen LogP contribution < -0.4 is 26.6 Å². The maximum absolute atomic E-state index is 15.6. The van der Waals surface area contributed by atoms with E-state index in [2.05, 4.69) is 26.6 Å². The lowest BCUT2D eigenvalue weighted by Crippen LogP contribution is -2.62. The van der Waals surface area contributed by atoms with Gasteiger partial charge < -0.3 is 75.8 Å². The minimum Gasteiger partial charge on any atom is -0.391 e. The number of hydrogen-bond acceptors (Lipinski definition) is 15. The van der Waals surface area contributed by atoms with Gasteiger partial charge in [-0.2, -0.15) is 0 Å². The van der Waals surface area contributed by atoms with Gasteiger partial charge in [0.05, 0.1) is 12.6 Å². The van der Waals surface area contributed by atoms with Gasteiger partial charge in [0.15, 0.2) is 0 Å². The van der Waals surface area contributed by atoms with Crippen LogP contribution in [-0.2, 0) is 80.0 Å². The van der Waals surface area contributed by atoms with E-state index >= 15 is 28.8 Å². The highest BCUT2D eigenvalue weighted by Crippen LogP contribution is 2.27. The maximum Gasteiger partial charge on any atom is 0.248 e. The zero-order chi connectivity index (χ0) is 92.9. The average molecular weight is 1740 g/mol. The Hall–Kier alpha value is -9.02. The molecule has 0 unspecified atom stereocenters. The van der Waals surface area contributed by atoms with E-state index in [4.69, 9.17) is 0 Å². The third-order valence-electron chi connectivity index (χ3n) is 24.3. The molecule has 4 rings (SSSR count). The second-order valence-electron chi connectivity index (χ2n) is 37.4. The molecule has 2 heterocycles. The quantitative estimate of drug-likeness (QED) is 0.0680. The largest absolute Gasteiger partial charge is 0.391 e. The first-order chi connectivity index (χ1) is 58.5. The zero-order valence-corrected chi connectivity index (χ0v) is 79.4. The first-order valence-electron chi connectivity index (χ1n) is 46.1. The number of unbranched alkanes of at least 4 members (excludes halogenated alkanes) is 1. The number of carbonyl (C=O) groups is 14. The van der Waals surface area contributed by atoms with E-state index in [1.807, 2.05) is 149 Å². The number of nitrogens with zero attached hydrogens (tertiary/aromatic N) is 9. The number of amides is 14. The van der Waals surface area contributed by atoms with Gasteiger partial charge in [0, 0.05) is 114 Å². The summed E-state index contributed by atoms with van der Waals surface area (Å²) in [6, 6.07) is 5.93. The molecule has 0 saturated carbocycles. The monoisotopic (exact) mass is 1740 g/mol. The van der Waals surface area contributed by atoms with Crippen molar-refractivity contribution in [2.75, 3.05) is 88.6 Å². The van der Waals surface area contributed by atoms with Crippen LogP contribution in [0.3, 0.4) is 0 Å². The Kier molecular flexibility index (Phi) is 46.8. The topological polar surface area (TPSA) is 349 Å². The zero-order valence-electron chi connectivity index (χ0n) is 79.4. The van der Waals surface area contributed by atoms with Crippen molar-refractivity contribution in [1.29, 1.82) is 0 Å². The van der Waals surface area contributed by atoms with Gasteiger partial charge in [0.1, 0.15) is 60.4 Å². The SMILES string of the molecule is CCCCN1CCCCCCCCC[C@H](C(=O)N2CCCCC2)CC(=O)N(C)CCC(=O)N[C@@H](CC(C)C)C(=O)N(C)[C@@H](CC(C)C)C(=O)N[C@@H]([C@@H](C)O)C(=O)N(C)CC(=O)N(C)[C@@H](CC(C)C)C(=O)N(C)[C@@H](CC(C)C)C(=O)N[C@@H]([C@@H](C)CC)C(=O)N(C)[C@@H](CC(C)C)C(=O)N[C@@H](Cc2ccccc2)C(=O)N(C)[C@@H](Cc2ccccc2)C(=O)N[C@@H](C)C1=O. The van der Waals surface area contributed by atoms with Crippen molar-refractivity contribution in [3.05, 3.63) is 71.8 Å². The van der Waals surface area contributed by atoms with Gasteiger partial charge in [-0.05, 0) is 131 Å². The summed E-state index contributed by atoms with van der Waals surface area (Å²) in [5.74, 6) is -9.88. The Bertz CT molecular complexity index is 3720. The molecule has 2 aromatic rings.